The third-order valence-corrected chi connectivity index (χ3v) is 4.60. The minimum atomic E-state index is -0.167. The maximum atomic E-state index is 12.0. The molecule has 0 bridgehead atoms. The van der Waals surface area contributed by atoms with Crippen molar-refractivity contribution in [2.75, 3.05) is 13.2 Å². The van der Waals surface area contributed by atoms with Crippen LogP contribution in [0.1, 0.15) is 47.7 Å². The van der Waals surface area contributed by atoms with Crippen molar-refractivity contribution in [1.29, 1.82) is 0 Å². The molecule has 4 nitrogen and oxygen atoms in total. The summed E-state index contributed by atoms with van der Waals surface area (Å²) >= 11 is 1.78. The van der Waals surface area contributed by atoms with E-state index < -0.39 is 0 Å². The topological polar surface area (TPSA) is 51.5 Å². The number of hydrogen-bond acceptors (Lipinski definition) is 4. The molecular weight excluding hydrogens is 334 g/mol. The fourth-order valence-electron chi connectivity index (χ4n) is 2.21. The number of hydrogen-bond donors (Lipinski definition) is 1. The number of furan rings is 1. The van der Waals surface area contributed by atoms with Crippen LogP contribution in [0.2, 0.25) is 0 Å². The summed E-state index contributed by atoms with van der Waals surface area (Å²) in [5.41, 5.74) is 2.56. The summed E-state index contributed by atoms with van der Waals surface area (Å²) in [6, 6.07) is 12.1. The lowest BCUT2D eigenvalue weighted by Gasteiger charge is -2.07. The molecule has 136 valence electrons. The molecule has 0 aliphatic rings. The van der Waals surface area contributed by atoms with Crippen LogP contribution >= 0.6 is 11.8 Å². The molecule has 0 saturated carbocycles. The van der Waals surface area contributed by atoms with E-state index in [0.717, 1.165) is 23.7 Å². The van der Waals surface area contributed by atoms with Gasteiger partial charge in [-0.1, -0.05) is 29.8 Å². The van der Waals surface area contributed by atoms with Gasteiger partial charge in [0.15, 0.2) is 5.76 Å². The van der Waals surface area contributed by atoms with Gasteiger partial charge in [0.2, 0.25) is 0 Å². The Morgan fingerprint density at radius 2 is 1.92 bits per heavy atom. The van der Waals surface area contributed by atoms with E-state index in [1.165, 1.54) is 11.1 Å². The highest BCUT2D eigenvalue weighted by Crippen LogP contribution is 2.20. The summed E-state index contributed by atoms with van der Waals surface area (Å²) in [5.74, 6) is 2.71. The highest BCUT2D eigenvalue weighted by molar-refractivity contribution is 7.97. The zero-order valence-corrected chi connectivity index (χ0v) is 16.0. The van der Waals surface area contributed by atoms with E-state index in [0.29, 0.717) is 18.9 Å². The van der Waals surface area contributed by atoms with Crippen molar-refractivity contribution in [2.24, 2.45) is 0 Å². The Balaban J connectivity index is 1.68. The summed E-state index contributed by atoms with van der Waals surface area (Å²) in [6.07, 6.45) is 1.02. The van der Waals surface area contributed by atoms with Gasteiger partial charge in [-0.3, -0.25) is 4.79 Å². The number of amides is 1. The maximum absolute atomic E-state index is 12.0. The lowest BCUT2D eigenvalue weighted by Crippen LogP contribution is -2.25. The first-order chi connectivity index (χ1) is 12.0. The van der Waals surface area contributed by atoms with Gasteiger partial charge >= 0.3 is 0 Å². The Bertz CT molecular complexity index is 649. The normalized spacial score (nSPS) is 11.0. The van der Waals surface area contributed by atoms with Crippen LogP contribution in [0.15, 0.2) is 40.8 Å². The van der Waals surface area contributed by atoms with Crippen LogP contribution in [0, 0.1) is 6.92 Å². The highest BCUT2D eigenvalue weighted by atomic mass is 32.2. The number of benzene rings is 1. The molecule has 5 heteroatoms. The van der Waals surface area contributed by atoms with Gasteiger partial charge < -0.3 is 14.5 Å². The van der Waals surface area contributed by atoms with Crippen LogP contribution < -0.4 is 5.32 Å². The molecule has 1 N–H and O–H groups in total. The third kappa shape index (κ3) is 7.36. The fourth-order valence-corrected chi connectivity index (χ4v) is 3.10. The lowest BCUT2D eigenvalue weighted by atomic mass is 10.2. The van der Waals surface area contributed by atoms with Crippen LogP contribution in [-0.4, -0.2) is 25.2 Å². The van der Waals surface area contributed by atoms with E-state index in [2.05, 4.69) is 36.5 Å². The van der Waals surface area contributed by atoms with Gasteiger partial charge in [0.1, 0.15) is 5.76 Å². The van der Waals surface area contributed by atoms with Gasteiger partial charge in [0.25, 0.3) is 5.91 Å². The predicted octanol–water partition coefficient (Wildman–Crippen LogP) is 4.57. The second-order valence-electron chi connectivity index (χ2n) is 6.27. The number of thioether (sulfide) groups is 1. The Hall–Kier alpha value is -1.72. The average Bonchev–Trinajstić information content (AvgIpc) is 3.05. The third-order valence-electron chi connectivity index (χ3n) is 3.58. The Kier molecular flexibility index (Phi) is 8.09. The molecule has 25 heavy (non-hydrogen) atoms. The van der Waals surface area contributed by atoms with Crippen LogP contribution in [-0.2, 0) is 16.2 Å². The molecule has 0 atom stereocenters. The summed E-state index contributed by atoms with van der Waals surface area (Å²) in [4.78, 5) is 12.0. The van der Waals surface area contributed by atoms with Gasteiger partial charge in [-0.15, -0.1) is 11.8 Å². The Labute approximate surface area is 154 Å². The Morgan fingerprint density at radius 3 is 2.64 bits per heavy atom. The first kappa shape index (κ1) is 19.6. The van der Waals surface area contributed by atoms with E-state index >= 15 is 0 Å². The van der Waals surface area contributed by atoms with Crippen molar-refractivity contribution in [3.63, 3.8) is 0 Å². The molecule has 0 saturated heterocycles. The second kappa shape index (κ2) is 10.3. The van der Waals surface area contributed by atoms with Crippen molar-refractivity contribution in [3.05, 3.63) is 59.0 Å². The van der Waals surface area contributed by atoms with Crippen LogP contribution in [0.25, 0.3) is 0 Å². The monoisotopic (exact) mass is 361 g/mol. The molecule has 1 amide bonds. The van der Waals surface area contributed by atoms with Crippen LogP contribution in [0.3, 0.4) is 0 Å². The molecule has 0 fully saturated rings. The van der Waals surface area contributed by atoms with Gasteiger partial charge in [-0.05, 0) is 44.9 Å². The Morgan fingerprint density at radius 1 is 1.16 bits per heavy atom. The predicted molar refractivity (Wildman–Crippen MR) is 103 cm³/mol. The summed E-state index contributed by atoms with van der Waals surface area (Å²) < 4.78 is 11.1. The van der Waals surface area contributed by atoms with Crippen LogP contribution in [0.4, 0.5) is 0 Å². The van der Waals surface area contributed by atoms with Gasteiger partial charge in [-0.2, -0.15) is 0 Å². The molecule has 2 rings (SSSR count). The average molecular weight is 362 g/mol. The van der Waals surface area contributed by atoms with Crippen molar-refractivity contribution in [2.45, 2.75) is 44.8 Å². The number of rotatable bonds is 10. The number of carbonyl (C=O) groups is 1. The van der Waals surface area contributed by atoms with Gasteiger partial charge in [0.05, 0.1) is 11.9 Å². The first-order valence-corrected chi connectivity index (χ1v) is 9.82. The summed E-state index contributed by atoms with van der Waals surface area (Å²) in [6.45, 7) is 7.32. The molecule has 0 aliphatic carbocycles. The van der Waals surface area contributed by atoms with Crippen molar-refractivity contribution in [1.82, 2.24) is 5.32 Å². The standard InChI is InChI=1S/C20H27NO3S/c1-15(2)23-12-4-11-21-20(22)19-10-9-18(24-19)14-25-13-17-7-5-16(3)6-8-17/h5-10,15H,4,11-14H2,1-3H3,(H,21,22). The zero-order chi connectivity index (χ0) is 18.1. The number of ether oxygens (including phenoxy) is 1. The van der Waals surface area contributed by atoms with Crippen molar-refractivity contribution >= 4 is 17.7 Å². The molecule has 0 unspecified atom stereocenters. The first-order valence-electron chi connectivity index (χ1n) is 8.66. The van der Waals surface area contributed by atoms with E-state index in [1.807, 2.05) is 19.9 Å². The van der Waals surface area contributed by atoms with Gasteiger partial charge in [0, 0.05) is 18.9 Å². The fraction of sp³-hybridized carbons (Fsp3) is 0.450. The van der Waals surface area contributed by atoms with Gasteiger partial charge in [-0.25, -0.2) is 0 Å². The van der Waals surface area contributed by atoms with E-state index in [4.69, 9.17) is 9.15 Å². The van der Waals surface area contributed by atoms with E-state index in [1.54, 1.807) is 17.8 Å². The number of nitrogens with one attached hydrogen (secondary N) is 1. The summed E-state index contributed by atoms with van der Waals surface area (Å²) in [5, 5.41) is 2.85. The minimum Gasteiger partial charge on any atom is -0.455 e. The van der Waals surface area contributed by atoms with Crippen LogP contribution in [0.5, 0.6) is 0 Å². The maximum Gasteiger partial charge on any atom is 0.286 e. The molecule has 2 aromatic rings. The smallest absolute Gasteiger partial charge is 0.286 e. The molecule has 1 aromatic carbocycles. The largest absolute Gasteiger partial charge is 0.455 e. The minimum absolute atomic E-state index is 0.167. The molecule has 0 radical (unpaired) electrons. The summed E-state index contributed by atoms with van der Waals surface area (Å²) in [7, 11) is 0. The molecule has 1 aromatic heterocycles. The second-order valence-corrected chi connectivity index (χ2v) is 7.26. The number of carbonyl (C=O) groups excluding carboxylic acids is 1. The van der Waals surface area contributed by atoms with E-state index in [9.17, 15) is 4.79 Å². The van der Waals surface area contributed by atoms with Crippen molar-refractivity contribution in [3.8, 4) is 0 Å². The molecule has 0 spiro atoms. The van der Waals surface area contributed by atoms with E-state index in [-0.39, 0.29) is 12.0 Å². The van der Waals surface area contributed by atoms with Crippen molar-refractivity contribution < 1.29 is 13.9 Å². The molecule has 0 aliphatic heterocycles. The number of aryl methyl sites for hydroxylation is 1. The molecular formula is C20H27NO3S. The molecule has 1 heterocycles. The quantitative estimate of drug-likeness (QED) is 0.630. The lowest BCUT2D eigenvalue weighted by molar-refractivity contribution is 0.0753. The highest BCUT2D eigenvalue weighted by Gasteiger charge is 2.10. The zero-order valence-electron chi connectivity index (χ0n) is 15.2. The SMILES string of the molecule is Cc1ccc(CSCc2ccc(C(=O)NCCCOC(C)C)o2)cc1.